The quantitative estimate of drug-likeness (QED) is 0.630. The third-order valence-electron chi connectivity index (χ3n) is 5.45. The van der Waals surface area contributed by atoms with Gasteiger partial charge in [0.1, 0.15) is 5.75 Å². The first-order valence-electron chi connectivity index (χ1n) is 9.59. The largest absolute Gasteiger partial charge is 0.497 e. The van der Waals surface area contributed by atoms with E-state index in [-0.39, 0.29) is 12.0 Å². The summed E-state index contributed by atoms with van der Waals surface area (Å²) < 4.78 is 10.5. The van der Waals surface area contributed by atoms with Crippen LogP contribution in [-0.4, -0.2) is 37.6 Å². The molecule has 0 heterocycles. The fourth-order valence-electron chi connectivity index (χ4n) is 3.25. The van der Waals surface area contributed by atoms with Gasteiger partial charge in [0.05, 0.1) is 12.7 Å². The molecule has 3 unspecified atom stereocenters. The van der Waals surface area contributed by atoms with Gasteiger partial charge in [0, 0.05) is 26.3 Å². The minimum Gasteiger partial charge on any atom is -0.497 e. The summed E-state index contributed by atoms with van der Waals surface area (Å²) in [6, 6.07) is 18.3. The first-order valence-corrected chi connectivity index (χ1v) is 9.59. The molecular weight excluding hydrogens is 338 g/mol. The number of hydrogen-bond acceptors (Lipinski definition) is 4. The Bertz CT molecular complexity index is 655. The molecule has 0 saturated heterocycles. The summed E-state index contributed by atoms with van der Waals surface area (Å²) >= 11 is 0. The van der Waals surface area contributed by atoms with E-state index in [0.717, 1.165) is 25.1 Å². The summed E-state index contributed by atoms with van der Waals surface area (Å²) in [6.45, 7) is 5.38. The lowest BCUT2D eigenvalue weighted by Crippen LogP contribution is -2.54. The van der Waals surface area contributed by atoms with E-state index < -0.39 is 5.60 Å². The maximum Gasteiger partial charge on any atom is 0.118 e. The topological polar surface area (TPSA) is 50.7 Å². The van der Waals surface area contributed by atoms with Crippen molar-refractivity contribution in [3.63, 3.8) is 0 Å². The van der Waals surface area contributed by atoms with Gasteiger partial charge in [-0.05, 0) is 48.9 Å². The number of rotatable bonds is 11. The molecule has 0 aliphatic rings. The summed E-state index contributed by atoms with van der Waals surface area (Å²) in [5, 5.41) is 15.0. The van der Waals surface area contributed by atoms with Gasteiger partial charge in [0.2, 0.25) is 0 Å². The van der Waals surface area contributed by atoms with Crippen molar-refractivity contribution in [2.24, 2.45) is 5.92 Å². The number of nitrogens with one attached hydrogen (secondary N) is 1. The van der Waals surface area contributed by atoms with Crippen LogP contribution in [0.1, 0.15) is 31.4 Å². The zero-order valence-corrected chi connectivity index (χ0v) is 16.9. The smallest absolute Gasteiger partial charge is 0.118 e. The monoisotopic (exact) mass is 371 g/mol. The summed E-state index contributed by atoms with van der Waals surface area (Å²) in [4.78, 5) is 0. The van der Waals surface area contributed by atoms with Crippen molar-refractivity contribution in [3.05, 3.63) is 65.7 Å². The van der Waals surface area contributed by atoms with E-state index >= 15 is 0 Å². The summed E-state index contributed by atoms with van der Waals surface area (Å²) in [6.07, 6.45) is 1.55. The van der Waals surface area contributed by atoms with Gasteiger partial charge in [0.25, 0.3) is 0 Å². The Morgan fingerprint density at radius 3 is 2.26 bits per heavy atom. The minimum absolute atomic E-state index is 0.0852. The molecule has 2 aromatic carbocycles. The van der Waals surface area contributed by atoms with E-state index in [4.69, 9.17) is 9.47 Å². The normalized spacial score (nSPS) is 15.7. The molecule has 0 spiro atoms. The maximum atomic E-state index is 11.4. The highest BCUT2D eigenvalue weighted by molar-refractivity contribution is 5.28. The van der Waals surface area contributed by atoms with E-state index in [2.05, 4.69) is 36.5 Å². The molecule has 3 atom stereocenters. The molecule has 2 rings (SSSR count). The fraction of sp³-hybridized carbons (Fsp3) is 0.478. The van der Waals surface area contributed by atoms with E-state index in [1.807, 2.05) is 37.3 Å². The van der Waals surface area contributed by atoms with Crippen molar-refractivity contribution in [2.75, 3.05) is 20.8 Å². The lowest BCUT2D eigenvalue weighted by atomic mass is 9.79. The van der Waals surface area contributed by atoms with Gasteiger partial charge in [-0.1, -0.05) is 49.4 Å². The van der Waals surface area contributed by atoms with Crippen LogP contribution in [0.4, 0.5) is 0 Å². The predicted octanol–water partition coefficient (Wildman–Crippen LogP) is 3.82. The average Bonchev–Trinajstić information content (AvgIpc) is 2.70. The second-order valence-corrected chi connectivity index (χ2v) is 7.38. The SMILES string of the molecule is COCCC(C)C(C)(O)C(Cc1ccc(OC)cc1)NCc1ccccc1. The van der Waals surface area contributed by atoms with Crippen molar-refractivity contribution < 1.29 is 14.6 Å². The lowest BCUT2D eigenvalue weighted by Gasteiger charge is -2.39. The zero-order chi connectivity index (χ0) is 19.7. The molecule has 0 radical (unpaired) electrons. The summed E-state index contributed by atoms with van der Waals surface area (Å²) in [5.74, 6) is 0.941. The molecule has 4 heteroatoms. The Labute approximate surface area is 163 Å². The Kier molecular flexibility index (Phi) is 8.29. The summed E-state index contributed by atoms with van der Waals surface area (Å²) in [5.41, 5.74) is 1.51. The molecule has 0 aromatic heterocycles. The molecule has 0 bridgehead atoms. The van der Waals surface area contributed by atoms with Gasteiger partial charge in [-0.15, -0.1) is 0 Å². The van der Waals surface area contributed by atoms with Gasteiger partial charge in [-0.25, -0.2) is 0 Å². The van der Waals surface area contributed by atoms with Gasteiger partial charge >= 0.3 is 0 Å². The van der Waals surface area contributed by atoms with Crippen molar-refractivity contribution in [1.29, 1.82) is 0 Å². The molecule has 2 aromatic rings. The zero-order valence-electron chi connectivity index (χ0n) is 16.9. The third kappa shape index (κ3) is 6.35. The van der Waals surface area contributed by atoms with Crippen LogP contribution < -0.4 is 10.1 Å². The van der Waals surface area contributed by atoms with Crippen LogP contribution in [0.15, 0.2) is 54.6 Å². The molecule has 0 aliphatic carbocycles. The Morgan fingerprint density at radius 2 is 1.67 bits per heavy atom. The minimum atomic E-state index is -0.868. The first kappa shape index (κ1) is 21.4. The van der Waals surface area contributed by atoms with E-state index in [9.17, 15) is 5.11 Å². The van der Waals surface area contributed by atoms with Crippen LogP contribution >= 0.6 is 0 Å². The average molecular weight is 372 g/mol. The molecule has 27 heavy (non-hydrogen) atoms. The van der Waals surface area contributed by atoms with Crippen LogP contribution in [-0.2, 0) is 17.7 Å². The Hall–Kier alpha value is -1.88. The molecule has 2 N–H and O–H groups in total. The number of benzene rings is 2. The molecule has 4 nitrogen and oxygen atoms in total. The Morgan fingerprint density at radius 1 is 1.00 bits per heavy atom. The van der Waals surface area contributed by atoms with Crippen LogP contribution in [0.2, 0.25) is 0 Å². The van der Waals surface area contributed by atoms with E-state index in [1.165, 1.54) is 11.1 Å². The van der Waals surface area contributed by atoms with Crippen LogP contribution in [0, 0.1) is 5.92 Å². The molecule has 0 saturated carbocycles. The van der Waals surface area contributed by atoms with E-state index in [1.54, 1.807) is 14.2 Å². The highest BCUT2D eigenvalue weighted by Crippen LogP contribution is 2.27. The highest BCUT2D eigenvalue weighted by atomic mass is 16.5. The number of aliphatic hydroxyl groups is 1. The van der Waals surface area contributed by atoms with Gasteiger partial charge in [0.15, 0.2) is 0 Å². The van der Waals surface area contributed by atoms with Crippen molar-refractivity contribution >= 4 is 0 Å². The third-order valence-corrected chi connectivity index (χ3v) is 5.45. The molecule has 148 valence electrons. The number of ether oxygens (including phenoxy) is 2. The van der Waals surface area contributed by atoms with E-state index in [0.29, 0.717) is 6.61 Å². The van der Waals surface area contributed by atoms with Crippen molar-refractivity contribution in [3.8, 4) is 5.75 Å². The van der Waals surface area contributed by atoms with Gasteiger partial charge in [-0.3, -0.25) is 0 Å². The van der Waals surface area contributed by atoms with Crippen molar-refractivity contribution in [2.45, 2.75) is 44.9 Å². The fourth-order valence-corrected chi connectivity index (χ4v) is 3.25. The van der Waals surface area contributed by atoms with Crippen LogP contribution in [0.5, 0.6) is 5.75 Å². The van der Waals surface area contributed by atoms with Gasteiger partial charge in [-0.2, -0.15) is 0 Å². The molecular formula is C23H33NO3. The number of hydrogen-bond donors (Lipinski definition) is 2. The standard InChI is InChI=1S/C23H33NO3/c1-18(14-15-26-3)23(2,25)22(24-17-20-8-6-5-7-9-20)16-19-10-12-21(27-4)13-11-19/h5-13,18,22,24-25H,14-17H2,1-4H3. The molecule has 0 aliphatic heterocycles. The lowest BCUT2D eigenvalue weighted by molar-refractivity contribution is -0.0384. The Balaban J connectivity index is 2.15. The second kappa shape index (κ2) is 10.5. The molecule has 0 fully saturated rings. The second-order valence-electron chi connectivity index (χ2n) is 7.38. The first-order chi connectivity index (χ1) is 13.0. The predicted molar refractivity (Wildman–Crippen MR) is 110 cm³/mol. The maximum absolute atomic E-state index is 11.4. The summed E-state index contributed by atoms with van der Waals surface area (Å²) in [7, 11) is 3.37. The van der Waals surface area contributed by atoms with Crippen molar-refractivity contribution in [1.82, 2.24) is 5.32 Å². The highest BCUT2D eigenvalue weighted by Gasteiger charge is 2.36. The van der Waals surface area contributed by atoms with Crippen LogP contribution in [0.25, 0.3) is 0 Å². The number of methoxy groups -OCH3 is 2. The molecule has 0 amide bonds. The van der Waals surface area contributed by atoms with Crippen LogP contribution in [0.3, 0.4) is 0 Å². The van der Waals surface area contributed by atoms with Gasteiger partial charge < -0.3 is 19.9 Å².